The highest BCUT2D eigenvalue weighted by Gasteiger charge is 2.13. The zero-order chi connectivity index (χ0) is 15.1. The fraction of sp³-hybridized carbons (Fsp3) is 0.176. The van der Waals surface area contributed by atoms with Gasteiger partial charge >= 0.3 is 5.69 Å². The maximum atomic E-state index is 12.6. The molecule has 4 heteroatoms. The van der Waals surface area contributed by atoms with Crippen LogP contribution in [0.25, 0.3) is 16.6 Å². The van der Waals surface area contributed by atoms with Gasteiger partial charge in [-0.25, -0.2) is 4.79 Å². The first-order valence-electron chi connectivity index (χ1n) is 6.79. The van der Waals surface area contributed by atoms with Crippen molar-refractivity contribution in [2.75, 3.05) is 0 Å². The Bertz CT molecular complexity index is 965. The number of hydrogen-bond donors (Lipinski definition) is 0. The summed E-state index contributed by atoms with van der Waals surface area (Å²) >= 11 is 0. The molecule has 0 N–H and O–H groups in total. The Morgan fingerprint density at radius 2 is 1.62 bits per heavy atom. The average molecular weight is 280 g/mol. The molecule has 2 aromatic carbocycles. The summed E-state index contributed by atoms with van der Waals surface area (Å²) in [6, 6.07) is 13.0. The van der Waals surface area contributed by atoms with Crippen LogP contribution in [0.4, 0.5) is 0 Å². The first-order valence-corrected chi connectivity index (χ1v) is 6.79. The summed E-state index contributed by atoms with van der Waals surface area (Å²) in [6.45, 7) is 3.99. The van der Waals surface area contributed by atoms with E-state index in [1.54, 1.807) is 16.7 Å². The molecule has 0 aliphatic rings. The second-order valence-electron chi connectivity index (χ2n) is 5.22. The Kier molecular flexibility index (Phi) is 3.01. The van der Waals surface area contributed by atoms with Gasteiger partial charge < -0.3 is 0 Å². The fourth-order valence-corrected chi connectivity index (χ4v) is 2.58. The summed E-state index contributed by atoms with van der Waals surface area (Å²) in [6.07, 6.45) is 0. The number of aromatic nitrogens is 2. The van der Waals surface area contributed by atoms with Crippen molar-refractivity contribution < 1.29 is 0 Å². The van der Waals surface area contributed by atoms with Crippen molar-refractivity contribution in [1.29, 1.82) is 0 Å². The van der Waals surface area contributed by atoms with Gasteiger partial charge in [0.1, 0.15) is 0 Å². The monoisotopic (exact) mass is 280 g/mol. The van der Waals surface area contributed by atoms with Crippen LogP contribution in [-0.4, -0.2) is 9.13 Å². The Morgan fingerprint density at radius 3 is 2.38 bits per heavy atom. The van der Waals surface area contributed by atoms with E-state index in [4.69, 9.17) is 0 Å². The molecule has 0 saturated carbocycles. The van der Waals surface area contributed by atoms with E-state index in [9.17, 15) is 9.59 Å². The van der Waals surface area contributed by atoms with Crippen molar-refractivity contribution in [1.82, 2.24) is 9.13 Å². The van der Waals surface area contributed by atoms with E-state index < -0.39 is 0 Å². The van der Waals surface area contributed by atoms with Gasteiger partial charge in [-0.1, -0.05) is 24.3 Å². The van der Waals surface area contributed by atoms with E-state index in [1.165, 1.54) is 7.05 Å². The van der Waals surface area contributed by atoms with E-state index in [-0.39, 0.29) is 11.2 Å². The molecule has 0 unspecified atom stereocenters. The standard InChI is InChI=1S/C17H16N2O2/c1-11-7-6-10-14(12(11)2)19-15-9-5-4-8-13(15)16(20)18(3)17(19)21/h4-10H,1-3H3. The SMILES string of the molecule is Cc1cccc(-n2c(=O)n(C)c(=O)c3ccccc32)c1C. The summed E-state index contributed by atoms with van der Waals surface area (Å²) in [4.78, 5) is 24.8. The summed E-state index contributed by atoms with van der Waals surface area (Å²) in [5, 5.41) is 0.542. The number of benzene rings is 2. The molecule has 1 heterocycles. The smallest absolute Gasteiger partial charge is 0.268 e. The van der Waals surface area contributed by atoms with E-state index in [0.29, 0.717) is 10.9 Å². The summed E-state index contributed by atoms with van der Waals surface area (Å²) in [5.74, 6) is 0. The van der Waals surface area contributed by atoms with Crippen LogP contribution in [0.3, 0.4) is 0 Å². The van der Waals surface area contributed by atoms with Gasteiger partial charge in [-0.05, 0) is 43.2 Å². The van der Waals surface area contributed by atoms with E-state index in [2.05, 4.69) is 0 Å². The molecule has 1 aromatic heterocycles. The predicted octanol–water partition coefficient (Wildman–Crippen LogP) is 2.31. The van der Waals surface area contributed by atoms with Crippen molar-refractivity contribution >= 4 is 10.9 Å². The zero-order valence-electron chi connectivity index (χ0n) is 12.3. The highest BCUT2D eigenvalue weighted by atomic mass is 16.2. The third-order valence-corrected chi connectivity index (χ3v) is 3.98. The normalized spacial score (nSPS) is 11.0. The first-order chi connectivity index (χ1) is 10.0. The highest BCUT2D eigenvalue weighted by molar-refractivity contribution is 5.79. The Balaban J connectivity index is 2.57. The number of fused-ring (bicyclic) bond motifs is 1. The van der Waals surface area contributed by atoms with Crippen molar-refractivity contribution in [2.24, 2.45) is 7.05 Å². The number of nitrogens with zero attached hydrogens (tertiary/aromatic N) is 2. The van der Waals surface area contributed by atoms with Gasteiger partial charge in [0.2, 0.25) is 0 Å². The molecular formula is C17H16N2O2. The van der Waals surface area contributed by atoms with Crippen molar-refractivity contribution in [3.63, 3.8) is 0 Å². The lowest BCUT2D eigenvalue weighted by Gasteiger charge is -2.15. The van der Waals surface area contributed by atoms with Crippen LogP contribution in [0, 0.1) is 13.8 Å². The molecule has 0 aliphatic carbocycles. The van der Waals surface area contributed by atoms with Crippen LogP contribution in [-0.2, 0) is 7.05 Å². The molecule has 0 atom stereocenters. The third kappa shape index (κ3) is 1.91. The minimum atomic E-state index is -0.326. The lowest BCUT2D eigenvalue weighted by atomic mass is 10.1. The molecule has 0 bridgehead atoms. The van der Waals surface area contributed by atoms with Crippen LogP contribution in [0.1, 0.15) is 11.1 Å². The lowest BCUT2D eigenvalue weighted by molar-refractivity contribution is 0.751. The summed E-state index contributed by atoms with van der Waals surface area (Å²) in [5.41, 5.74) is 3.00. The molecule has 3 rings (SSSR count). The number of hydrogen-bond acceptors (Lipinski definition) is 2. The lowest BCUT2D eigenvalue weighted by Crippen LogP contribution is -2.37. The third-order valence-electron chi connectivity index (χ3n) is 3.98. The molecule has 0 fully saturated rings. The quantitative estimate of drug-likeness (QED) is 0.686. The number of para-hydroxylation sites is 1. The van der Waals surface area contributed by atoms with Gasteiger partial charge in [-0.15, -0.1) is 0 Å². The summed E-state index contributed by atoms with van der Waals surface area (Å²) in [7, 11) is 1.51. The largest absolute Gasteiger partial charge is 0.335 e. The minimum Gasteiger partial charge on any atom is -0.268 e. The molecule has 0 spiro atoms. The van der Waals surface area contributed by atoms with Gasteiger partial charge in [-0.3, -0.25) is 13.9 Å². The first kappa shape index (κ1) is 13.4. The molecule has 4 nitrogen and oxygen atoms in total. The molecule has 0 radical (unpaired) electrons. The fourth-order valence-electron chi connectivity index (χ4n) is 2.58. The molecule has 0 saturated heterocycles. The average Bonchev–Trinajstić information content (AvgIpc) is 2.49. The second-order valence-corrected chi connectivity index (χ2v) is 5.22. The van der Waals surface area contributed by atoms with Gasteiger partial charge in [0, 0.05) is 7.05 Å². The minimum absolute atomic E-state index is 0.267. The zero-order valence-corrected chi connectivity index (χ0v) is 12.3. The van der Waals surface area contributed by atoms with Crippen LogP contribution in [0.15, 0.2) is 52.1 Å². The maximum Gasteiger partial charge on any atom is 0.335 e. The Hall–Kier alpha value is -2.62. The molecular weight excluding hydrogens is 264 g/mol. The molecule has 0 amide bonds. The summed E-state index contributed by atoms with van der Waals surface area (Å²) < 4.78 is 2.77. The van der Waals surface area contributed by atoms with Crippen LogP contribution < -0.4 is 11.2 Å². The van der Waals surface area contributed by atoms with Gasteiger partial charge in [-0.2, -0.15) is 0 Å². The van der Waals surface area contributed by atoms with E-state index in [1.807, 2.05) is 44.2 Å². The van der Waals surface area contributed by atoms with E-state index in [0.717, 1.165) is 21.4 Å². The Labute approximate surface area is 121 Å². The van der Waals surface area contributed by atoms with E-state index >= 15 is 0 Å². The number of rotatable bonds is 1. The number of aryl methyl sites for hydroxylation is 1. The second kappa shape index (κ2) is 4.74. The topological polar surface area (TPSA) is 44.0 Å². The van der Waals surface area contributed by atoms with Crippen molar-refractivity contribution in [3.05, 3.63) is 74.4 Å². The van der Waals surface area contributed by atoms with Crippen molar-refractivity contribution in [3.8, 4) is 5.69 Å². The van der Waals surface area contributed by atoms with Gasteiger partial charge in [0.15, 0.2) is 0 Å². The predicted molar refractivity (Wildman–Crippen MR) is 84.3 cm³/mol. The highest BCUT2D eigenvalue weighted by Crippen LogP contribution is 2.19. The molecule has 21 heavy (non-hydrogen) atoms. The molecule has 3 aromatic rings. The molecule has 106 valence electrons. The van der Waals surface area contributed by atoms with Crippen LogP contribution in [0.2, 0.25) is 0 Å². The Morgan fingerprint density at radius 1 is 0.905 bits per heavy atom. The maximum absolute atomic E-state index is 12.6. The molecule has 0 aliphatic heterocycles. The van der Waals surface area contributed by atoms with Crippen LogP contribution in [0.5, 0.6) is 0 Å². The van der Waals surface area contributed by atoms with Crippen molar-refractivity contribution in [2.45, 2.75) is 13.8 Å². The van der Waals surface area contributed by atoms with Gasteiger partial charge in [0.25, 0.3) is 5.56 Å². The van der Waals surface area contributed by atoms with Gasteiger partial charge in [0.05, 0.1) is 16.6 Å². The van der Waals surface area contributed by atoms with Crippen LogP contribution >= 0.6 is 0 Å².